The number of hydrogen-bond donors (Lipinski definition) is 3. The van der Waals surface area contributed by atoms with Crippen molar-refractivity contribution in [2.24, 2.45) is 57.6 Å². The van der Waals surface area contributed by atoms with Crippen LogP contribution in [0.3, 0.4) is 0 Å². The van der Waals surface area contributed by atoms with Crippen molar-refractivity contribution in [1.29, 1.82) is 10.5 Å². The minimum Gasteiger partial charge on any atom is -0.297 e. The van der Waals surface area contributed by atoms with Crippen LogP contribution in [0.2, 0.25) is 0 Å². The first-order chi connectivity index (χ1) is 20.7. The summed E-state index contributed by atoms with van der Waals surface area (Å²) in [6.07, 6.45) is 9.32. The molecule has 9 unspecified atom stereocenters. The van der Waals surface area contributed by atoms with E-state index in [9.17, 15) is 10.5 Å². The van der Waals surface area contributed by atoms with E-state index in [0.29, 0.717) is 52.0 Å². The van der Waals surface area contributed by atoms with Crippen molar-refractivity contribution >= 4 is 16.5 Å². The number of azo groups is 1. The van der Waals surface area contributed by atoms with Crippen LogP contribution in [-0.2, 0) is 0 Å². The summed E-state index contributed by atoms with van der Waals surface area (Å²) in [7, 11) is 0. The Morgan fingerprint density at radius 3 is 1.77 bits per heavy atom. The first kappa shape index (κ1) is 34.0. The van der Waals surface area contributed by atoms with Crippen LogP contribution in [-0.4, -0.2) is 34.8 Å². The minimum atomic E-state index is -0.259. The van der Waals surface area contributed by atoms with Crippen molar-refractivity contribution in [3.63, 3.8) is 0 Å². The molecule has 0 bridgehead atoms. The van der Waals surface area contributed by atoms with Crippen LogP contribution < -0.4 is 16.0 Å². The van der Waals surface area contributed by atoms with Gasteiger partial charge in [-0.3, -0.25) is 16.0 Å². The van der Waals surface area contributed by atoms with Crippen LogP contribution in [0.4, 0.5) is 5.00 Å². The van der Waals surface area contributed by atoms with Crippen LogP contribution in [0, 0.1) is 76.9 Å². The van der Waals surface area contributed by atoms with Gasteiger partial charge in [-0.25, -0.2) is 0 Å². The van der Waals surface area contributed by atoms with E-state index in [1.54, 1.807) is 0 Å². The van der Waals surface area contributed by atoms with Crippen molar-refractivity contribution in [2.75, 3.05) is 0 Å². The van der Waals surface area contributed by atoms with Crippen LogP contribution in [0.1, 0.15) is 111 Å². The van der Waals surface area contributed by atoms with Crippen LogP contribution in [0.25, 0.3) is 0 Å². The second-order valence-corrected chi connectivity index (χ2v) is 14.9. The third-order valence-corrected chi connectivity index (χ3v) is 12.1. The summed E-state index contributed by atoms with van der Waals surface area (Å²) in [4.78, 5) is 0. The van der Waals surface area contributed by atoms with E-state index < -0.39 is 0 Å². The average molecular weight is 609 g/mol. The molecule has 0 spiro atoms. The summed E-state index contributed by atoms with van der Waals surface area (Å²) in [6, 6.07) is 5.45. The number of rotatable bonds is 10. The molecule has 2 saturated carbocycles. The van der Waals surface area contributed by atoms with Crippen molar-refractivity contribution < 1.29 is 0 Å². The molecule has 0 aromatic carbocycles. The monoisotopic (exact) mass is 608 g/mol. The van der Waals surface area contributed by atoms with Crippen LogP contribution >= 0.6 is 11.5 Å². The zero-order chi connectivity index (χ0) is 31.3. The van der Waals surface area contributed by atoms with Gasteiger partial charge in [-0.2, -0.15) is 20.0 Å². The predicted molar refractivity (Wildman–Crippen MR) is 175 cm³/mol. The highest BCUT2D eigenvalue weighted by Crippen LogP contribution is 2.40. The molecule has 1 saturated heterocycles. The molecule has 238 valence electrons. The van der Waals surface area contributed by atoms with Crippen molar-refractivity contribution in [3.05, 3.63) is 11.3 Å². The lowest BCUT2D eigenvalue weighted by Gasteiger charge is -2.50. The Hall–Kier alpha value is -1.91. The van der Waals surface area contributed by atoms with Gasteiger partial charge in [0.15, 0.2) is 5.00 Å². The fourth-order valence-electron chi connectivity index (χ4n) is 8.81. The number of hydrogen-bond acceptors (Lipinski definition) is 9. The van der Waals surface area contributed by atoms with Gasteiger partial charge in [0.2, 0.25) is 0 Å². The number of nitrogens with zero attached hydrogens (tertiary/aromatic N) is 5. The molecule has 0 amide bonds. The maximum atomic E-state index is 10.6. The summed E-state index contributed by atoms with van der Waals surface area (Å²) in [5, 5.41) is 42.4. The van der Waals surface area contributed by atoms with E-state index in [-0.39, 0.29) is 30.2 Å². The zero-order valence-corrected chi connectivity index (χ0v) is 28.6. The lowest BCUT2D eigenvalue weighted by Crippen LogP contribution is -2.71. The predicted octanol–water partition coefficient (Wildman–Crippen LogP) is 7.69. The molecule has 2 aliphatic carbocycles. The highest BCUT2D eigenvalue weighted by molar-refractivity contribution is 7.10. The fourth-order valence-corrected chi connectivity index (χ4v) is 9.49. The van der Waals surface area contributed by atoms with E-state index in [2.05, 4.69) is 86.0 Å². The number of nitrogens with one attached hydrogen (secondary N) is 3. The second kappa shape index (κ2) is 15.4. The topological polar surface area (TPSA) is 121 Å². The van der Waals surface area contributed by atoms with Gasteiger partial charge in [-0.05, 0) is 79.6 Å². The molecular formula is C34H56N8S. The maximum absolute atomic E-state index is 10.6. The molecule has 2 heterocycles. The Labute approximate surface area is 265 Å². The van der Waals surface area contributed by atoms with Gasteiger partial charge in [-0.15, -0.1) is 5.11 Å². The molecule has 4 rings (SSSR count). The zero-order valence-electron chi connectivity index (χ0n) is 27.8. The Bertz CT molecular complexity index is 1120. The average Bonchev–Trinajstić information content (AvgIpc) is 3.36. The summed E-state index contributed by atoms with van der Waals surface area (Å²) >= 11 is 1.22. The van der Waals surface area contributed by atoms with E-state index in [4.69, 9.17) is 5.11 Å². The van der Waals surface area contributed by atoms with Gasteiger partial charge in [0.25, 0.3) is 0 Å². The number of aryl methyl sites for hydroxylation is 1. The summed E-state index contributed by atoms with van der Waals surface area (Å²) < 4.78 is 4.35. The lowest BCUT2D eigenvalue weighted by atomic mass is 9.69. The third-order valence-electron chi connectivity index (χ3n) is 11.2. The Balaban J connectivity index is 1.68. The highest BCUT2D eigenvalue weighted by atomic mass is 32.1. The van der Waals surface area contributed by atoms with E-state index in [1.165, 1.54) is 37.2 Å². The first-order valence-corrected chi connectivity index (χ1v) is 17.9. The maximum Gasteiger partial charge on any atom is 0.176 e. The molecule has 43 heavy (non-hydrogen) atoms. The molecule has 9 atom stereocenters. The molecular weight excluding hydrogens is 552 g/mol. The Morgan fingerprint density at radius 1 is 0.837 bits per heavy atom. The fraction of sp³-hybridized carbons (Fsp3) is 0.853. The molecule has 8 nitrogen and oxygen atoms in total. The summed E-state index contributed by atoms with van der Waals surface area (Å²) in [5.41, 5.74) is 1.18. The van der Waals surface area contributed by atoms with Gasteiger partial charge < -0.3 is 0 Å². The van der Waals surface area contributed by atoms with E-state index in [1.807, 2.05) is 6.92 Å². The molecule has 1 aromatic rings. The standard InChI is InChI=1S/C34H56N8S/c1-9-23-13-19(5)14-24(10-2)30(23)37-32-27(17-35)21(7)29(40-41-34-28(18-36)22(8)42-43-34)33(39-32)38-31-25(11-3)15-20(6)16-26(31)12-4/h19-21,23-27,29-33,37-39H,9-16H2,1-8H3. The van der Waals surface area contributed by atoms with Gasteiger partial charge >= 0.3 is 0 Å². The van der Waals surface area contributed by atoms with Crippen LogP contribution in [0.5, 0.6) is 0 Å². The highest BCUT2D eigenvalue weighted by Gasteiger charge is 2.47. The SMILES string of the molecule is CCC1CC(C)CC(CC)C1NC1NC(NC2C(CC)CC(C)CC2CC)C(N=Nc2snc(C)c2C#N)C(C)C1C#N. The number of aromatic nitrogens is 1. The first-order valence-electron chi connectivity index (χ1n) is 17.1. The van der Waals surface area contributed by atoms with Gasteiger partial charge in [0, 0.05) is 18.0 Å². The molecule has 3 fully saturated rings. The Kier molecular flexibility index (Phi) is 12.2. The van der Waals surface area contributed by atoms with Crippen molar-refractivity contribution in [1.82, 2.24) is 20.3 Å². The van der Waals surface area contributed by atoms with E-state index in [0.717, 1.165) is 37.5 Å². The van der Waals surface area contributed by atoms with Crippen molar-refractivity contribution in [2.45, 2.75) is 137 Å². The molecule has 9 heteroatoms. The van der Waals surface area contributed by atoms with Gasteiger partial charge in [0.05, 0.1) is 30.0 Å². The largest absolute Gasteiger partial charge is 0.297 e. The normalized spacial score (nSPS) is 40.3. The van der Waals surface area contributed by atoms with Crippen molar-refractivity contribution in [3.8, 4) is 12.1 Å². The van der Waals surface area contributed by atoms with Gasteiger partial charge in [-0.1, -0.05) is 74.1 Å². The lowest BCUT2D eigenvalue weighted by molar-refractivity contribution is 0.0495. The molecule has 3 aliphatic rings. The number of nitriles is 2. The number of piperidine rings is 1. The summed E-state index contributed by atoms with van der Waals surface area (Å²) in [5.74, 6) is 3.63. The summed E-state index contributed by atoms with van der Waals surface area (Å²) in [6.45, 7) is 18.1. The smallest absolute Gasteiger partial charge is 0.176 e. The third kappa shape index (κ3) is 7.50. The molecule has 1 aromatic heterocycles. The Morgan fingerprint density at radius 2 is 1.33 bits per heavy atom. The second-order valence-electron chi connectivity index (χ2n) is 14.1. The van der Waals surface area contributed by atoms with Gasteiger partial charge in [0.1, 0.15) is 17.7 Å². The van der Waals surface area contributed by atoms with Crippen LogP contribution in [0.15, 0.2) is 10.2 Å². The molecule has 1 aliphatic heterocycles. The molecule has 3 N–H and O–H groups in total. The molecule has 0 radical (unpaired) electrons. The van der Waals surface area contributed by atoms with E-state index >= 15 is 0 Å². The quantitative estimate of drug-likeness (QED) is 0.234. The minimum absolute atomic E-state index is 0.0325.